The molecule has 0 bridgehead atoms. The maximum Gasteiger partial charge on any atom is 0.140 e. The van der Waals surface area contributed by atoms with Gasteiger partial charge in [-0.2, -0.15) is 0 Å². The minimum atomic E-state index is 0.0298. The summed E-state index contributed by atoms with van der Waals surface area (Å²) in [6, 6.07) is 7.84. The number of carbonyl (C=O) groups excluding carboxylic acids is 1. The molecular weight excluding hydrogens is 204 g/mol. The Morgan fingerprint density at radius 3 is 2.75 bits per heavy atom. The van der Waals surface area contributed by atoms with Crippen molar-refractivity contribution >= 4 is 5.78 Å². The number of Topliss-reactive ketones (excluding diaryl/α,β-unsaturated/α-hetero) is 1. The van der Waals surface area contributed by atoms with E-state index in [-0.39, 0.29) is 5.92 Å². The highest BCUT2D eigenvalue weighted by Gasteiger charge is 2.22. The van der Waals surface area contributed by atoms with Crippen LogP contribution in [0.3, 0.4) is 0 Å². The topological polar surface area (TPSA) is 35.5 Å². The molecule has 1 aromatic carbocycles. The number of hydrogen-bond acceptors (Lipinski definition) is 3. The Morgan fingerprint density at radius 1 is 1.38 bits per heavy atom. The zero-order chi connectivity index (χ0) is 11.4. The number of carbonyl (C=O) groups is 1. The lowest BCUT2D eigenvalue weighted by molar-refractivity contribution is -0.130. The first-order valence-corrected chi connectivity index (χ1v) is 5.53. The lowest BCUT2D eigenvalue weighted by atomic mass is 9.93. The van der Waals surface area contributed by atoms with Gasteiger partial charge in [-0.05, 0) is 24.1 Å². The van der Waals surface area contributed by atoms with Gasteiger partial charge in [0.15, 0.2) is 0 Å². The molecule has 0 aromatic heterocycles. The van der Waals surface area contributed by atoms with Crippen molar-refractivity contribution in [2.24, 2.45) is 5.92 Å². The summed E-state index contributed by atoms with van der Waals surface area (Å²) in [5.41, 5.74) is 1.16. The highest BCUT2D eigenvalue weighted by molar-refractivity contribution is 5.82. The Kier molecular flexibility index (Phi) is 3.57. The maximum absolute atomic E-state index is 11.6. The van der Waals surface area contributed by atoms with E-state index >= 15 is 0 Å². The van der Waals surface area contributed by atoms with E-state index in [9.17, 15) is 4.79 Å². The molecule has 0 unspecified atom stereocenters. The molecular formula is C13H16O3. The highest BCUT2D eigenvalue weighted by atomic mass is 16.5. The van der Waals surface area contributed by atoms with Crippen LogP contribution in [0.4, 0.5) is 0 Å². The van der Waals surface area contributed by atoms with Crippen LogP contribution < -0.4 is 4.74 Å². The van der Waals surface area contributed by atoms with Crippen LogP contribution in [-0.4, -0.2) is 26.1 Å². The summed E-state index contributed by atoms with van der Waals surface area (Å²) in [7, 11) is 1.65. The van der Waals surface area contributed by atoms with Crippen molar-refractivity contribution in [1.82, 2.24) is 0 Å². The van der Waals surface area contributed by atoms with Gasteiger partial charge in [0.25, 0.3) is 0 Å². The summed E-state index contributed by atoms with van der Waals surface area (Å²) in [6.07, 6.45) is 1.32. The van der Waals surface area contributed by atoms with Crippen LogP contribution in [0.2, 0.25) is 0 Å². The van der Waals surface area contributed by atoms with Crippen molar-refractivity contribution in [2.75, 3.05) is 20.3 Å². The molecule has 1 saturated heterocycles. The molecule has 2 rings (SSSR count). The zero-order valence-corrected chi connectivity index (χ0v) is 9.44. The third kappa shape index (κ3) is 2.61. The largest absolute Gasteiger partial charge is 0.497 e. The molecule has 0 amide bonds. The van der Waals surface area contributed by atoms with E-state index < -0.39 is 0 Å². The average molecular weight is 220 g/mol. The quantitative estimate of drug-likeness (QED) is 0.779. The van der Waals surface area contributed by atoms with Gasteiger partial charge in [0.2, 0.25) is 0 Å². The molecule has 1 aliphatic rings. The van der Waals surface area contributed by atoms with Crippen molar-refractivity contribution < 1.29 is 14.3 Å². The van der Waals surface area contributed by atoms with Gasteiger partial charge in [-0.25, -0.2) is 0 Å². The van der Waals surface area contributed by atoms with E-state index in [0.29, 0.717) is 25.4 Å². The second-order valence-electron chi connectivity index (χ2n) is 4.04. The molecule has 1 fully saturated rings. The Bertz CT molecular complexity index is 356. The van der Waals surface area contributed by atoms with Gasteiger partial charge in [0.05, 0.1) is 20.3 Å². The molecule has 0 radical (unpaired) electrons. The zero-order valence-electron chi connectivity index (χ0n) is 9.44. The van der Waals surface area contributed by atoms with Crippen LogP contribution in [0.25, 0.3) is 0 Å². The molecule has 1 aromatic rings. The smallest absolute Gasteiger partial charge is 0.140 e. The van der Waals surface area contributed by atoms with Gasteiger partial charge in [0.1, 0.15) is 11.5 Å². The van der Waals surface area contributed by atoms with E-state index in [1.165, 1.54) is 0 Å². The summed E-state index contributed by atoms with van der Waals surface area (Å²) in [5, 5.41) is 0. The number of ether oxygens (including phenoxy) is 2. The van der Waals surface area contributed by atoms with Crippen LogP contribution in [0.1, 0.15) is 12.0 Å². The Balaban J connectivity index is 1.99. The molecule has 0 aliphatic carbocycles. The van der Waals surface area contributed by atoms with Crippen LogP contribution >= 0.6 is 0 Å². The number of rotatable bonds is 3. The van der Waals surface area contributed by atoms with Crippen molar-refractivity contribution in [2.45, 2.75) is 12.8 Å². The van der Waals surface area contributed by atoms with Crippen molar-refractivity contribution in [3.63, 3.8) is 0 Å². The van der Waals surface area contributed by atoms with E-state index in [1.54, 1.807) is 7.11 Å². The second kappa shape index (κ2) is 5.12. The first-order chi connectivity index (χ1) is 7.79. The number of hydrogen-bond donors (Lipinski definition) is 0. The predicted molar refractivity (Wildman–Crippen MR) is 60.6 cm³/mol. The minimum Gasteiger partial charge on any atom is -0.497 e. The van der Waals surface area contributed by atoms with Crippen molar-refractivity contribution in [3.8, 4) is 5.75 Å². The molecule has 1 atom stereocenters. The van der Waals surface area contributed by atoms with Gasteiger partial charge in [-0.1, -0.05) is 12.1 Å². The SMILES string of the molecule is COc1ccc(C[C@@H]2COCCC2=O)cc1. The van der Waals surface area contributed by atoms with Crippen molar-refractivity contribution in [3.05, 3.63) is 29.8 Å². The van der Waals surface area contributed by atoms with E-state index in [2.05, 4.69) is 0 Å². The fourth-order valence-corrected chi connectivity index (χ4v) is 1.91. The van der Waals surface area contributed by atoms with Gasteiger partial charge in [0, 0.05) is 12.3 Å². The molecule has 3 heteroatoms. The Labute approximate surface area is 95.4 Å². The van der Waals surface area contributed by atoms with E-state index in [4.69, 9.17) is 9.47 Å². The fraction of sp³-hybridized carbons (Fsp3) is 0.462. The minimum absolute atomic E-state index is 0.0298. The fourth-order valence-electron chi connectivity index (χ4n) is 1.91. The van der Waals surface area contributed by atoms with Gasteiger partial charge in [-0.15, -0.1) is 0 Å². The van der Waals surface area contributed by atoms with Crippen LogP contribution in [0, 0.1) is 5.92 Å². The molecule has 0 saturated carbocycles. The van der Waals surface area contributed by atoms with Crippen LogP contribution in [-0.2, 0) is 16.0 Å². The van der Waals surface area contributed by atoms with E-state index in [1.807, 2.05) is 24.3 Å². The molecule has 16 heavy (non-hydrogen) atoms. The van der Waals surface area contributed by atoms with Gasteiger partial charge >= 0.3 is 0 Å². The maximum atomic E-state index is 11.6. The third-order valence-corrected chi connectivity index (χ3v) is 2.91. The highest BCUT2D eigenvalue weighted by Crippen LogP contribution is 2.18. The first kappa shape index (κ1) is 11.1. The summed E-state index contributed by atoms with van der Waals surface area (Å²) in [6.45, 7) is 1.14. The number of methoxy groups -OCH3 is 1. The molecule has 1 aliphatic heterocycles. The standard InChI is InChI=1S/C13H16O3/c1-15-12-4-2-10(3-5-12)8-11-9-16-7-6-13(11)14/h2-5,11H,6-9H2,1H3/t11-/m1/s1. The molecule has 0 spiro atoms. The first-order valence-electron chi connectivity index (χ1n) is 5.53. The average Bonchev–Trinajstić information content (AvgIpc) is 2.33. The van der Waals surface area contributed by atoms with Crippen molar-refractivity contribution in [1.29, 1.82) is 0 Å². The van der Waals surface area contributed by atoms with Crippen LogP contribution in [0.5, 0.6) is 5.75 Å². The summed E-state index contributed by atoms with van der Waals surface area (Å²) in [4.78, 5) is 11.6. The Morgan fingerprint density at radius 2 is 2.12 bits per heavy atom. The summed E-state index contributed by atoms with van der Waals surface area (Å²) >= 11 is 0. The summed E-state index contributed by atoms with van der Waals surface area (Å²) < 4.78 is 10.4. The number of ketones is 1. The predicted octanol–water partition coefficient (Wildman–Crippen LogP) is 1.84. The monoisotopic (exact) mass is 220 g/mol. The normalized spacial score (nSPS) is 20.8. The molecule has 0 N–H and O–H groups in total. The molecule has 1 heterocycles. The molecule has 3 nitrogen and oxygen atoms in total. The lowest BCUT2D eigenvalue weighted by Gasteiger charge is -2.20. The third-order valence-electron chi connectivity index (χ3n) is 2.91. The van der Waals surface area contributed by atoms with Crippen LogP contribution in [0.15, 0.2) is 24.3 Å². The second-order valence-corrected chi connectivity index (χ2v) is 4.04. The number of benzene rings is 1. The summed E-state index contributed by atoms with van der Waals surface area (Å²) in [5.74, 6) is 1.19. The Hall–Kier alpha value is -1.35. The van der Waals surface area contributed by atoms with Gasteiger partial charge in [-0.3, -0.25) is 4.79 Å². The van der Waals surface area contributed by atoms with E-state index in [0.717, 1.165) is 17.7 Å². The van der Waals surface area contributed by atoms with Gasteiger partial charge < -0.3 is 9.47 Å². The lowest BCUT2D eigenvalue weighted by Crippen LogP contribution is -2.29. The molecule has 86 valence electrons.